The fraction of sp³-hybridized carbons (Fsp3) is 0.444. The van der Waals surface area contributed by atoms with Crippen molar-refractivity contribution in [3.8, 4) is 17.0 Å². The number of nitrogens with zero attached hydrogens (tertiary/aromatic N) is 2. The van der Waals surface area contributed by atoms with E-state index in [9.17, 15) is 4.39 Å². The first-order valence-electron chi connectivity index (χ1n) is 7.67. The Bertz CT molecular complexity index is 628. The molecule has 0 saturated carbocycles. The summed E-state index contributed by atoms with van der Waals surface area (Å²) in [5.74, 6) is 0.631. The molecule has 0 bridgehead atoms. The van der Waals surface area contributed by atoms with E-state index in [2.05, 4.69) is 30.7 Å². The van der Waals surface area contributed by atoms with Crippen LogP contribution in [0.15, 0.2) is 30.6 Å². The van der Waals surface area contributed by atoms with Gasteiger partial charge in [0.2, 0.25) is 5.88 Å². The molecule has 3 nitrogen and oxygen atoms in total. The highest BCUT2D eigenvalue weighted by Gasteiger charge is 2.11. The van der Waals surface area contributed by atoms with E-state index in [-0.39, 0.29) is 5.88 Å². The molecule has 2 heterocycles. The molecule has 0 radical (unpaired) electrons. The van der Waals surface area contributed by atoms with E-state index in [1.807, 2.05) is 19.1 Å². The lowest BCUT2D eigenvalue weighted by Crippen LogP contribution is -2.12. The van der Waals surface area contributed by atoms with Gasteiger partial charge in [-0.05, 0) is 48.9 Å². The number of hydrogen-bond acceptors (Lipinski definition) is 3. The van der Waals surface area contributed by atoms with E-state index in [1.165, 1.54) is 6.07 Å². The maximum Gasteiger partial charge on any atom is 0.250 e. The molecule has 0 aliphatic carbocycles. The van der Waals surface area contributed by atoms with Gasteiger partial charge in [-0.15, -0.1) is 0 Å². The second-order valence-corrected chi connectivity index (χ2v) is 6.24. The number of aromatic nitrogens is 2. The summed E-state index contributed by atoms with van der Waals surface area (Å²) in [4.78, 5) is 8.26. The van der Waals surface area contributed by atoms with Gasteiger partial charge in [-0.1, -0.05) is 20.8 Å². The molecule has 0 fully saturated rings. The molecule has 0 N–H and O–H groups in total. The quantitative estimate of drug-likeness (QED) is 0.779. The first-order valence-corrected chi connectivity index (χ1v) is 7.67. The molecule has 0 aliphatic heterocycles. The smallest absolute Gasteiger partial charge is 0.250 e. The van der Waals surface area contributed by atoms with E-state index in [0.717, 1.165) is 23.2 Å². The van der Waals surface area contributed by atoms with Gasteiger partial charge in [-0.3, -0.25) is 4.98 Å². The molecule has 0 aliphatic rings. The van der Waals surface area contributed by atoms with E-state index >= 15 is 0 Å². The number of pyridine rings is 2. The number of halogens is 1. The van der Waals surface area contributed by atoms with Gasteiger partial charge < -0.3 is 4.74 Å². The van der Waals surface area contributed by atoms with Crippen LogP contribution in [0.5, 0.6) is 5.88 Å². The first-order chi connectivity index (χ1) is 10.5. The van der Waals surface area contributed by atoms with Crippen molar-refractivity contribution in [1.29, 1.82) is 0 Å². The van der Waals surface area contributed by atoms with Gasteiger partial charge in [0.1, 0.15) is 0 Å². The fourth-order valence-electron chi connectivity index (χ4n) is 2.51. The van der Waals surface area contributed by atoms with Crippen LogP contribution >= 0.6 is 0 Å². The maximum atomic E-state index is 14.1. The van der Waals surface area contributed by atoms with Crippen LogP contribution in [0.4, 0.5) is 4.39 Å². The van der Waals surface area contributed by atoms with Crippen molar-refractivity contribution in [2.75, 3.05) is 6.61 Å². The molecule has 2 aromatic heterocycles. The average molecular weight is 302 g/mol. The Labute approximate surface area is 131 Å². The first kappa shape index (κ1) is 16.4. The topological polar surface area (TPSA) is 35.0 Å². The minimum atomic E-state index is -0.427. The summed E-state index contributed by atoms with van der Waals surface area (Å²) in [5, 5.41) is 0. The monoisotopic (exact) mass is 302 g/mol. The molecule has 2 rings (SSSR count). The van der Waals surface area contributed by atoms with Gasteiger partial charge in [-0.25, -0.2) is 9.37 Å². The Kier molecular flexibility index (Phi) is 5.47. The van der Waals surface area contributed by atoms with Crippen molar-refractivity contribution < 1.29 is 9.13 Å². The molecule has 1 atom stereocenters. The normalized spacial score (nSPS) is 12.5. The molecule has 2 aromatic rings. The van der Waals surface area contributed by atoms with Crippen LogP contribution in [0.25, 0.3) is 11.1 Å². The number of rotatable bonds is 6. The third-order valence-corrected chi connectivity index (χ3v) is 3.42. The van der Waals surface area contributed by atoms with Gasteiger partial charge in [0, 0.05) is 23.7 Å². The summed E-state index contributed by atoms with van der Waals surface area (Å²) in [6, 6.07) is 5.21. The minimum absolute atomic E-state index is 0.0742. The summed E-state index contributed by atoms with van der Waals surface area (Å²) in [5.41, 5.74) is 2.52. The van der Waals surface area contributed by atoms with Gasteiger partial charge in [-0.2, -0.15) is 0 Å². The molecular formula is C18H23FN2O. The molecule has 4 heteroatoms. The van der Waals surface area contributed by atoms with Crippen molar-refractivity contribution in [1.82, 2.24) is 9.97 Å². The molecule has 0 aromatic carbocycles. The van der Waals surface area contributed by atoms with E-state index in [0.29, 0.717) is 18.4 Å². The summed E-state index contributed by atoms with van der Waals surface area (Å²) < 4.78 is 19.7. The van der Waals surface area contributed by atoms with Crippen LogP contribution in [0.2, 0.25) is 0 Å². The van der Waals surface area contributed by atoms with Crippen molar-refractivity contribution in [3.05, 3.63) is 42.1 Å². The van der Waals surface area contributed by atoms with Crippen LogP contribution in [0.3, 0.4) is 0 Å². The second kappa shape index (κ2) is 7.34. The summed E-state index contributed by atoms with van der Waals surface area (Å²) >= 11 is 0. The van der Waals surface area contributed by atoms with Crippen LogP contribution in [0.1, 0.15) is 32.9 Å². The number of hydrogen-bond donors (Lipinski definition) is 0. The van der Waals surface area contributed by atoms with Gasteiger partial charge in [0.25, 0.3) is 0 Å². The van der Waals surface area contributed by atoms with Gasteiger partial charge in [0.05, 0.1) is 6.61 Å². The third kappa shape index (κ3) is 4.52. The van der Waals surface area contributed by atoms with E-state index in [4.69, 9.17) is 4.74 Å². The Morgan fingerprint density at radius 2 is 1.91 bits per heavy atom. The highest BCUT2D eigenvalue weighted by atomic mass is 19.1. The molecule has 0 saturated heterocycles. The van der Waals surface area contributed by atoms with Gasteiger partial charge in [0.15, 0.2) is 5.82 Å². The highest BCUT2D eigenvalue weighted by Crippen LogP contribution is 2.24. The largest absolute Gasteiger partial charge is 0.475 e. The molecule has 0 unspecified atom stereocenters. The van der Waals surface area contributed by atoms with Crippen molar-refractivity contribution in [2.45, 2.75) is 34.1 Å². The predicted octanol–water partition coefficient (Wildman–Crippen LogP) is 4.65. The van der Waals surface area contributed by atoms with Crippen molar-refractivity contribution >= 4 is 0 Å². The van der Waals surface area contributed by atoms with Crippen LogP contribution in [-0.2, 0) is 0 Å². The third-order valence-electron chi connectivity index (χ3n) is 3.42. The van der Waals surface area contributed by atoms with Crippen molar-refractivity contribution in [2.24, 2.45) is 11.8 Å². The lowest BCUT2D eigenvalue weighted by atomic mass is 10.00. The van der Waals surface area contributed by atoms with Crippen molar-refractivity contribution in [3.63, 3.8) is 0 Å². The fourth-order valence-corrected chi connectivity index (χ4v) is 2.51. The summed E-state index contributed by atoms with van der Waals surface area (Å²) in [6.45, 7) is 8.82. The minimum Gasteiger partial charge on any atom is -0.475 e. The Morgan fingerprint density at radius 1 is 1.14 bits per heavy atom. The molecule has 0 amide bonds. The SMILES string of the molecule is Cc1cc(-c2cnc(OC[C@@H](C)CC(C)C)c(F)c2)ccn1. The van der Waals surface area contributed by atoms with Crippen LogP contribution in [0, 0.1) is 24.6 Å². The number of aryl methyl sites for hydroxylation is 1. The zero-order valence-corrected chi connectivity index (χ0v) is 13.6. The lowest BCUT2D eigenvalue weighted by molar-refractivity contribution is 0.222. The Morgan fingerprint density at radius 3 is 2.55 bits per heavy atom. The number of ether oxygens (including phenoxy) is 1. The molecule has 0 spiro atoms. The lowest BCUT2D eigenvalue weighted by Gasteiger charge is -2.15. The molecular weight excluding hydrogens is 279 g/mol. The average Bonchev–Trinajstić information content (AvgIpc) is 2.45. The molecule has 118 valence electrons. The predicted molar refractivity (Wildman–Crippen MR) is 86.3 cm³/mol. The zero-order chi connectivity index (χ0) is 16.1. The van der Waals surface area contributed by atoms with E-state index < -0.39 is 5.82 Å². The second-order valence-electron chi connectivity index (χ2n) is 6.24. The summed E-state index contributed by atoms with van der Waals surface area (Å²) in [6.07, 6.45) is 4.40. The Balaban J connectivity index is 2.07. The van der Waals surface area contributed by atoms with E-state index in [1.54, 1.807) is 12.4 Å². The zero-order valence-electron chi connectivity index (χ0n) is 13.6. The highest BCUT2D eigenvalue weighted by molar-refractivity contribution is 5.62. The Hall–Kier alpha value is -1.97. The summed E-state index contributed by atoms with van der Waals surface area (Å²) in [7, 11) is 0. The van der Waals surface area contributed by atoms with Gasteiger partial charge >= 0.3 is 0 Å². The van der Waals surface area contributed by atoms with Crippen LogP contribution < -0.4 is 4.74 Å². The maximum absolute atomic E-state index is 14.1. The van der Waals surface area contributed by atoms with Crippen LogP contribution in [-0.4, -0.2) is 16.6 Å². The molecule has 22 heavy (non-hydrogen) atoms. The standard InChI is InChI=1S/C18H23FN2O/c1-12(2)7-13(3)11-22-18-17(19)9-16(10-21-18)15-5-6-20-14(4)8-15/h5-6,8-10,12-13H,7,11H2,1-4H3/t13-/m0/s1.